The predicted octanol–water partition coefficient (Wildman–Crippen LogP) is 4.07. The van der Waals surface area contributed by atoms with Crippen LogP contribution in [0.3, 0.4) is 0 Å². The molecule has 0 saturated heterocycles. The number of alkyl halides is 3. The minimum absolute atomic E-state index is 0.132. The van der Waals surface area contributed by atoms with Crippen molar-refractivity contribution in [2.24, 2.45) is 15.9 Å². The lowest BCUT2D eigenvalue weighted by atomic mass is 9.90. The molecule has 1 aromatic heterocycles. The molecule has 0 amide bonds. The normalized spacial score (nSPS) is 19.3. The molecule has 10 heteroatoms. The first-order valence-corrected chi connectivity index (χ1v) is 10.5. The quantitative estimate of drug-likeness (QED) is 0.610. The second-order valence-electron chi connectivity index (χ2n) is 7.55. The van der Waals surface area contributed by atoms with Gasteiger partial charge in [0.15, 0.2) is 0 Å². The number of H-pyrrole nitrogens is 1. The molecule has 0 radical (unpaired) electrons. The van der Waals surface area contributed by atoms with Crippen LogP contribution in [-0.4, -0.2) is 36.9 Å². The number of halogens is 3. The van der Waals surface area contributed by atoms with Crippen LogP contribution in [0.25, 0.3) is 11.3 Å². The topological polar surface area (TPSA) is 103 Å². The van der Waals surface area contributed by atoms with E-state index in [0.717, 1.165) is 12.1 Å². The molecule has 0 aliphatic carbocycles. The maximum Gasteiger partial charge on any atom is 0.416 e. The molecule has 2 aromatic rings. The van der Waals surface area contributed by atoms with Gasteiger partial charge in [0.25, 0.3) is 5.56 Å². The van der Waals surface area contributed by atoms with Crippen LogP contribution in [0.15, 0.2) is 45.1 Å². The molecule has 1 aromatic carbocycles. The molecule has 1 aliphatic rings. The van der Waals surface area contributed by atoms with Gasteiger partial charge in [-0.05, 0) is 37.1 Å². The number of aromatic amines is 1. The van der Waals surface area contributed by atoms with E-state index in [1.54, 1.807) is 6.21 Å². The van der Waals surface area contributed by atoms with Crippen LogP contribution >= 0.6 is 0 Å². The van der Waals surface area contributed by atoms with Gasteiger partial charge in [0, 0.05) is 37.5 Å². The molecule has 174 valence electrons. The van der Waals surface area contributed by atoms with E-state index < -0.39 is 23.3 Å². The summed E-state index contributed by atoms with van der Waals surface area (Å²) in [5.41, 5.74) is -0.762. The van der Waals surface area contributed by atoms with Crippen LogP contribution in [0.4, 0.5) is 13.2 Å². The van der Waals surface area contributed by atoms with E-state index >= 15 is 0 Å². The zero-order chi connectivity index (χ0) is 24.0. The molecule has 2 heterocycles. The van der Waals surface area contributed by atoms with E-state index in [-0.39, 0.29) is 22.7 Å². The van der Waals surface area contributed by atoms with Gasteiger partial charge in [-0.2, -0.15) is 18.4 Å². The summed E-state index contributed by atoms with van der Waals surface area (Å²) in [5.74, 6) is 0.184. The third-order valence-electron chi connectivity index (χ3n) is 5.16. The number of aliphatic imine (C=N–C) groups is 2. The van der Waals surface area contributed by atoms with Gasteiger partial charge in [0.1, 0.15) is 11.6 Å². The van der Waals surface area contributed by atoms with Gasteiger partial charge in [-0.25, -0.2) is 4.99 Å². The van der Waals surface area contributed by atoms with E-state index in [9.17, 15) is 23.2 Å². The average molecular weight is 459 g/mol. The number of benzene rings is 1. The summed E-state index contributed by atoms with van der Waals surface area (Å²) < 4.78 is 45.1. The van der Waals surface area contributed by atoms with Gasteiger partial charge < -0.3 is 15.0 Å². The van der Waals surface area contributed by atoms with E-state index in [2.05, 4.69) is 20.3 Å². The molecule has 2 unspecified atom stereocenters. The van der Waals surface area contributed by atoms with Crippen LogP contribution in [0, 0.1) is 17.2 Å². The Morgan fingerprint density at radius 3 is 2.79 bits per heavy atom. The summed E-state index contributed by atoms with van der Waals surface area (Å²) in [6.45, 7) is 5.46. The monoisotopic (exact) mass is 459 g/mol. The zero-order valence-corrected chi connectivity index (χ0v) is 18.2. The number of hydrogen-bond donors (Lipinski definition) is 2. The molecule has 33 heavy (non-hydrogen) atoms. The number of rotatable bonds is 7. The van der Waals surface area contributed by atoms with Gasteiger partial charge in [-0.3, -0.25) is 9.79 Å². The SMILES string of the molecule is CCOCCCN=C1N=CC(C)C(c2cc(C#N)c(=O)[nH]c2-c2cccc(C(F)(F)F)c2)N1. The van der Waals surface area contributed by atoms with Gasteiger partial charge in [-0.15, -0.1) is 0 Å². The van der Waals surface area contributed by atoms with Gasteiger partial charge >= 0.3 is 6.18 Å². The largest absolute Gasteiger partial charge is 0.416 e. The first-order valence-electron chi connectivity index (χ1n) is 10.5. The predicted molar refractivity (Wildman–Crippen MR) is 119 cm³/mol. The molecule has 0 fully saturated rings. The third kappa shape index (κ3) is 5.87. The van der Waals surface area contributed by atoms with E-state index in [4.69, 9.17) is 4.74 Å². The van der Waals surface area contributed by atoms with Crippen molar-refractivity contribution < 1.29 is 17.9 Å². The van der Waals surface area contributed by atoms with E-state index in [0.29, 0.717) is 37.7 Å². The molecular weight excluding hydrogens is 435 g/mol. The number of hydrogen-bond acceptors (Lipinski definition) is 4. The highest BCUT2D eigenvalue weighted by molar-refractivity contribution is 5.91. The molecule has 0 spiro atoms. The van der Waals surface area contributed by atoms with Gasteiger partial charge in [0.05, 0.1) is 17.3 Å². The maximum absolute atomic E-state index is 13.3. The third-order valence-corrected chi connectivity index (χ3v) is 5.16. The second-order valence-corrected chi connectivity index (χ2v) is 7.55. The molecular formula is C23H24F3N5O2. The fraction of sp³-hybridized carbons (Fsp3) is 0.391. The Hall–Kier alpha value is -3.45. The summed E-state index contributed by atoms with van der Waals surface area (Å²) in [6.07, 6.45) is -2.13. The Morgan fingerprint density at radius 1 is 1.30 bits per heavy atom. The summed E-state index contributed by atoms with van der Waals surface area (Å²) in [6, 6.07) is 7.49. The highest BCUT2D eigenvalue weighted by Gasteiger charge is 2.32. The maximum atomic E-state index is 13.3. The highest BCUT2D eigenvalue weighted by Crippen LogP contribution is 2.35. The van der Waals surface area contributed by atoms with Gasteiger partial charge in [-0.1, -0.05) is 19.1 Å². The summed E-state index contributed by atoms with van der Waals surface area (Å²) >= 11 is 0. The van der Waals surface area contributed by atoms with Crippen LogP contribution in [0.5, 0.6) is 0 Å². The number of nitriles is 1. The Labute approximate surface area is 189 Å². The standard InChI is InChI=1S/C23H24F3N5O2/c1-3-33-9-5-8-28-22-29-13-14(2)19(31-22)18-11-16(12-27)21(32)30-20(18)15-6-4-7-17(10-15)23(24,25)26/h4,6-7,10-11,13-14,19H,3,5,8-9H2,1-2H3,(H,28,31)(H,30,32). The van der Waals surface area contributed by atoms with Crippen molar-refractivity contribution in [3.63, 3.8) is 0 Å². The molecule has 3 rings (SSSR count). The number of nitrogens with one attached hydrogen (secondary N) is 2. The summed E-state index contributed by atoms with van der Waals surface area (Å²) in [4.78, 5) is 23.7. The minimum Gasteiger partial charge on any atom is -0.382 e. The Balaban J connectivity index is 2.02. The zero-order valence-electron chi connectivity index (χ0n) is 18.2. The molecule has 2 atom stereocenters. The molecule has 2 N–H and O–H groups in total. The number of guanidine groups is 1. The highest BCUT2D eigenvalue weighted by atomic mass is 19.4. The Bertz CT molecular complexity index is 1150. The smallest absolute Gasteiger partial charge is 0.382 e. The average Bonchev–Trinajstić information content (AvgIpc) is 2.79. The van der Waals surface area contributed by atoms with E-state index in [1.807, 2.05) is 19.9 Å². The van der Waals surface area contributed by atoms with Crippen LogP contribution in [0.2, 0.25) is 0 Å². The fourth-order valence-corrected chi connectivity index (χ4v) is 3.49. The van der Waals surface area contributed by atoms with Crippen LogP contribution < -0.4 is 10.9 Å². The molecule has 7 nitrogen and oxygen atoms in total. The van der Waals surface area contributed by atoms with Crippen molar-refractivity contribution in [1.29, 1.82) is 5.26 Å². The number of aromatic nitrogens is 1. The number of ether oxygens (including phenoxy) is 1. The van der Waals surface area contributed by atoms with Gasteiger partial charge in [0.2, 0.25) is 5.96 Å². The minimum atomic E-state index is -4.53. The molecule has 0 saturated carbocycles. The lowest BCUT2D eigenvalue weighted by Gasteiger charge is -2.29. The van der Waals surface area contributed by atoms with Crippen molar-refractivity contribution in [3.8, 4) is 17.3 Å². The molecule has 1 aliphatic heterocycles. The summed E-state index contributed by atoms with van der Waals surface area (Å²) in [7, 11) is 0. The number of nitrogens with zero attached hydrogens (tertiary/aromatic N) is 3. The van der Waals surface area contributed by atoms with Crippen molar-refractivity contribution in [1.82, 2.24) is 10.3 Å². The summed E-state index contributed by atoms with van der Waals surface area (Å²) in [5, 5.41) is 12.6. The number of pyridine rings is 1. The first-order chi connectivity index (χ1) is 15.7. The van der Waals surface area contributed by atoms with Crippen molar-refractivity contribution in [2.45, 2.75) is 32.5 Å². The molecule has 0 bridgehead atoms. The van der Waals surface area contributed by atoms with E-state index in [1.165, 1.54) is 18.2 Å². The second kappa shape index (κ2) is 10.4. The lowest BCUT2D eigenvalue weighted by molar-refractivity contribution is -0.137. The van der Waals surface area contributed by atoms with Crippen molar-refractivity contribution in [3.05, 3.63) is 57.4 Å². The Kier molecular flexibility index (Phi) is 7.66. The lowest BCUT2D eigenvalue weighted by Crippen LogP contribution is -2.37. The van der Waals surface area contributed by atoms with Crippen molar-refractivity contribution >= 4 is 12.2 Å². The van der Waals surface area contributed by atoms with Crippen molar-refractivity contribution in [2.75, 3.05) is 19.8 Å². The first kappa shape index (κ1) is 24.2. The Morgan fingerprint density at radius 2 is 2.09 bits per heavy atom. The van der Waals surface area contributed by atoms with Crippen LogP contribution in [-0.2, 0) is 10.9 Å². The fourth-order valence-electron chi connectivity index (χ4n) is 3.49. The van der Waals surface area contributed by atoms with Crippen LogP contribution in [0.1, 0.15) is 43.0 Å².